The van der Waals surface area contributed by atoms with Crippen molar-refractivity contribution in [3.05, 3.63) is 12.0 Å². The van der Waals surface area contributed by atoms with Gasteiger partial charge in [-0.1, -0.05) is 0 Å². The number of rotatable bonds is 3. The molecule has 0 fully saturated rings. The van der Waals surface area contributed by atoms with Crippen LogP contribution >= 0.6 is 7.82 Å². The first-order chi connectivity index (χ1) is 6.83. The van der Waals surface area contributed by atoms with Gasteiger partial charge >= 0.3 is 7.82 Å². The number of aliphatic hydroxyl groups is 3. The van der Waals surface area contributed by atoms with Crippen LogP contribution in [0.15, 0.2) is 12.0 Å². The van der Waals surface area contributed by atoms with Gasteiger partial charge in [0.15, 0.2) is 6.10 Å². The lowest BCUT2D eigenvalue weighted by Crippen LogP contribution is -2.43. The van der Waals surface area contributed by atoms with Crippen LogP contribution in [0.3, 0.4) is 0 Å². The SMILES string of the molecule is O=P(O)(O)OC1=C[C@@H](O)[C@H](O)[C@@H](CO)O1. The van der Waals surface area contributed by atoms with E-state index in [4.69, 9.17) is 14.9 Å². The van der Waals surface area contributed by atoms with E-state index in [0.29, 0.717) is 0 Å². The lowest BCUT2D eigenvalue weighted by molar-refractivity contribution is -0.115. The Bertz CT molecular complexity index is 296. The van der Waals surface area contributed by atoms with Gasteiger partial charge < -0.3 is 24.6 Å². The van der Waals surface area contributed by atoms with Gasteiger partial charge in [0.1, 0.15) is 12.2 Å². The fraction of sp³-hybridized carbons (Fsp3) is 0.667. The van der Waals surface area contributed by atoms with E-state index in [-0.39, 0.29) is 0 Å². The van der Waals surface area contributed by atoms with E-state index in [9.17, 15) is 14.8 Å². The molecule has 0 bridgehead atoms. The zero-order valence-corrected chi connectivity index (χ0v) is 8.32. The van der Waals surface area contributed by atoms with Crippen molar-refractivity contribution in [3.63, 3.8) is 0 Å². The first-order valence-electron chi connectivity index (χ1n) is 3.94. The summed E-state index contributed by atoms with van der Waals surface area (Å²) < 4.78 is 19.2. The summed E-state index contributed by atoms with van der Waals surface area (Å²) in [4.78, 5) is 16.9. The van der Waals surface area contributed by atoms with Gasteiger partial charge in [-0.05, 0) is 0 Å². The molecule has 1 heterocycles. The molecule has 0 aromatic carbocycles. The van der Waals surface area contributed by atoms with Gasteiger partial charge in [-0.3, -0.25) is 9.79 Å². The topological polar surface area (TPSA) is 137 Å². The van der Waals surface area contributed by atoms with Crippen LogP contribution in [0.1, 0.15) is 0 Å². The van der Waals surface area contributed by atoms with Crippen molar-refractivity contribution in [2.45, 2.75) is 18.3 Å². The normalized spacial score (nSPS) is 31.8. The number of phosphoric ester groups is 1. The second kappa shape index (κ2) is 4.48. The van der Waals surface area contributed by atoms with E-state index in [1.165, 1.54) is 0 Å². The monoisotopic (exact) mass is 242 g/mol. The fourth-order valence-electron chi connectivity index (χ4n) is 1.03. The van der Waals surface area contributed by atoms with Gasteiger partial charge in [0.25, 0.3) is 5.95 Å². The summed E-state index contributed by atoms with van der Waals surface area (Å²) in [6.07, 6.45) is -3.18. The molecule has 0 saturated heterocycles. The summed E-state index contributed by atoms with van der Waals surface area (Å²) in [7, 11) is -4.79. The third kappa shape index (κ3) is 3.45. The average Bonchev–Trinajstić information content (AvgIpc) is 2.08. The molecule has 5 N–H and O–H groups in total. The van der Waals surface area contributed by atoms with Crippen LogP contribution in [0.4, 0.5) is 0 Å². The molecule has 0 radical (unpaired) electrons. The number of hydrogen-bond acceptors (Lipinski definition) is 6. The molecule has 1 rings (SSSR count). The predicted octanol–water partition coefficient (Wildman–Crippen LogP) is -1.95. The highest BCUT2D eigenvalue weighted by atomic mass is 31.2. The molecular formula is C6H11O8P. The summed E-state index contributed by atoms with van der Waals surface area (Å²) in [6, 6.07) is 0. The Balaban J connectivity index is 2.75. The maximum absolute atomic E-state index is 10.4. The van der Waals surface area contributed by atoms with Crippen molar-refractivity contribution >= 4 is 7.82 Å². The highest BCUT2D eigenvalue weighted by molar-refractivity contribution is 7.46. The van der Waals surface area contributed by atoms with Crippen LogP contribution in [-0.4, -0.2) is 50.0 Å². The largest absolute Gasteiger partial charge is 0.527 e. The molecule has 9 heteroatoms. The molecule has 0 spiro atoms. The van der Waals surface area contributed by atoms with Crippen LogP contribution < -0.4 is 0 Å². The minimum Gasteiger partial charge on any atom is -0.457 e. The average molecular weight is 242 g/mol. The van der Waals surface area contributed by atoms with Gasteiger partial charge in [0, 0.05) is 6.08 Å². The Kier molecular flexibility index (Phi) is 3.72. The quantitative estimate of drug-likeness (QED) is 0.360. The molecule has 0 aliphatic carbocycles. The molecule has 0 unspecified atom stereocenters. The predicted molar refractivity (Wildman–Crippen MR) is 45.2 cm³/mol. The Labute approximate surface area is 84.6 Å². The first kappa shape index (κ1) is 12.4. The molecule has 88 valence electrons. The summed E-state index contributed by atoms with van der Waals surface area (Å²) in [6.45, 7) is -0.625. The van der Waals surface area contributed by atoms with Crippen molar-refractivity contribution in [3.8, 4) is 0 Å². The van der Waals surface area contributed by atoms with E-state index in [0.717, 1.165) is 6.08 Å². The summed E-state index contributed by atoms with van der Waals surface area (Å²) in [5.41, 5.74) is 0. The van der Waals surface area contributed by atoms with E-state index < -0.39 is 38.7 Å². The minimum absolute atomic E-state index is 0.625. The van der Waals surface area contributed by atoms with Crippen LogP contribution in [0.5, 0.6) is 0 Å². The minimum atomic E-state index is -4.79. The van der Waals surface area contributed by atoms with Crippen molar-refractivity contribution in [2.24, 2.45) is 0 Å². The lowest BCUT2D eigenvalue weighted by atomic mass is 10.1. The molecule has 1 aliphatic heterocycles. The Morgan fingerprint density at radius 2 is 2.07 bits per heavy atom. The highest BCUT2D eigenvalue weighted by Crippen LogP contribution is 2.40. The molecule has 0 saturated carbocycles. The second-order valence-corrected chi connectivity index (χ2v) is 4.05. The van der Waals surface area contributed by atoms with Crippen LogP contribution in [0, 0.1) is 0 Å². The van der Waals surface area contributed by atoms with Crippen LogP contribution in [0.25, 0.3) is 0 Å². The zero-order valence-electron chi connectivity index (χ0n) is 7.42. The summed E-state index contributed by atoms with van der Waals surface area (Å²) in [5, 5.41) is 27.1. The molecular weight excluding hydrogens is 231 g/mol. The van der Waals surface area contributed by atoms with Gasteiger partial charge in [-0.2, -0.15) is 0 Å². The van der Waals surface area contributed by atoms with E-state index in [2.05, 4.69) is 9.26 Å². The summed E-state index contributed by atoms with van der Waals surface area (Å²) in [5.74, 6) is -0.625. The Morgan fingerprint density at radius 3 is 2.53 bits per heavy atom. The number of aliphatic hydroxyl groups excluding tert-OH is 3. The standard InChI is InChI=1S/C6H11O8P/c7-2-4-6(9)3(8)1-5(13-4)14-15(10,11)12/h1,3-4,6-9H,2H2,(H2,10,11,12)/t3-,4-,6+/m1/s1. The molecule has 0 aromatic heterocycles. The third-order valence-corrected chi connectivity index (χ3v) is 2.11. The Hall–Kier alpha value is -0.630. The summed E-state index contributed by atoms with van der Waals surface area (Å²) >= 11 is 0. The van der Waals surface area contributed by atoms with Gasteiger partial charge in [0.05, 0.1) is 6.61 Å². The van der Waals surface area contributed by atoms with E-state index >= 15 is 0 Å². The fourth-order valence-corrected chi connectivity index (χ4v) is 1.37. The molecule has 15 heavy (non-hydrogen) atoms. The van der Waals surface area contributed by atoms with Crippen molar-refractivity contribution in [2.75, 3.05) is 6.61 Å². The smallest absolute Gasteiger partial charge is 0.457 e. The molecule has 8 nitrogen and oxygen atoms in total. The van der Waals surface area contributed by atoms with Gasteiger partial charge in [-0.25, -0.2) is 4.57 Å². The molecule has 1 aliphatic rings. The van der Waals surface area contributed by atoms with Crippen molar-refractivity contribution < 1.29 is 38.9 Å². The maximum Gasteiger partial charge on any atom is 0.527 e. The van der Waals surface area contributed by atoms with Crippen molar-refractivity contribution in [1.82, 2.24) is 0 Å². The van der Waals surface area contributed by atoms with Crippen LogP contribution in [-0.2, 0) is 13.8 Å². The molecule has 3 atom stereocenters. The lowest BCUT2D eigenvalue weighted by Gasteiger charge is -2.30. The van der Waals surface area contributed by atoms with Gasteiger partial charge in [0.2, 0.25) is 0 Å². The second-order valence-electron chi connectivity index (χ2n) is 2.89. The van der Waals surface area contributed by atoms with E-state index in [1.54, 1.807) is 0 Å². The highest BCUT2D eigenvalue weighted by Gasteiger charge is 2.34. The number of phosphoric acid groups is 1. The maximum atomic E-state index is 10.4. The van der Waals surface area contributed by atoms with Gasteiger partial charge in [-0.15, -0.1) is 0 Å². The number of ether oxygens (including phenoxy) is 1. The molecule has 0 aromatic rings. The number of hydrogen-bond donors (Lipinski definition) is 5. The Morgan fingerprint density at radius 1 is 1.47 bits per heavy atom. The third-order valence-electron chi connectivity index (χ3n) is 1.69. The molecule has 0 amide bonds. The van der Waals surface area contributed by atoms with Crippen molar-refractivity contribution in [1.29, 1.82) is 0 Å². The zero-order chi connectivity index (χ0) is 11.6. The first-order valence-corrected chi connectivity index (χ1v) is 5.47. The van der Waals surface area contributed by atoms with E-state index in [1.807, 2.05) is 0 Å². The van der Waals surface area contributed by atoms with Crippen LogP contribution in [0.2, 0.25) is 0 Å².